The number of aromatic nitrogens is 2. The van der Waals surface area contributed by atoms with E-state index in [2.05, 4.69) is 10.3 Å². The fourth-order valence-electron chi connectivity index (χ4n) is 3.40. The van der Waals surface area contributed by atoms with E-state index >= 15 is 0 Å². The Morgan fingerprint density at radius 2 is 1.81 bits per heavy atom. The van der Waals surface area contributed by atoms with Crippen LogP contribution in [0.4, 0.5) is 0 Å². The van der Waals surface area contributed by atoms with Gasteiger partial charge >= 0.3 is 0 Å². The second kappa shape index (κ2) is 6.29. The Labute approximate surface area is 156 Å². The second-order valence-corrected chi connectivity index (χ2v) is 6.55. The number of imidazole rings is 1. The van der Waals surface area contributed by atoms with Crippen LogP contribution in [0, 0.1) is 0 Å². The number of fused-ring (bicyclic) bond motifs is 2. The summed E-state index contributed by atoms with van der Waals surface area (Å²) < 4.78 is 7.53. The van der Waals surface area contributed by atoms with Crippen molar-refractivity contribution >= 4 is 11.6 Å². The molecule has 2 aromatic carbocycles. The number of rotatable bonds is 3. The Balaban J connectivity index is 1.41. The summed E-state index contributed by atoms with van der Waals surface area (Å²) >= 11 is 0. The van der Waals surface area contributed by atoms with Crippen molar-refractivity contribution in [3.05, 3.63) is 90.3 Å². The monoisotopic (exact) mass is 355 g/mol. The predicted octanol–water partition coefficient (Wildman–Crippen LogP) is 3.86. The highest BCUT2D eigenvalue weighted by Crippen LogP contribution is 2.31. The maximum Gasteiger partial charge on any atom is 0.253 e. The van der Waals surface area contributed by atoms with Crippen LogP contribution in [-0.2, 0) is 0 Å². The molecular weight excluding hydrogens is 338 g/mol. The quantitative estimate of drug-likeness (QED) is 0.607. The first-order valence-electron chi connectivity index (χ1n) is 8.85. The molecule has 4 aromatic rings. The van der Waals surface area contributed by atoms with Gasteiger partial charge in [0.15, 0.2) is 0 Å². The number of nitrogens with zero attached hydrogens (tertiary/aromatic N) is 2. The number of para-hydroxylation sites is 1. The van der Waals surface area contributed by atoms with E-state index in [1.165, 1.54) is 0 Å². The largest absolute Gasteiger partial charge is 0.491 e. The van der Waals surface area contributed by atoms with Crippen molar-refractivity contribution in [2.24, 2.45) is 0 Å². The van der Waals surface area contributed by atoms with Gasteiger partial charge in [0.25, 0.3) is 5.91 Å². The van der Waals surface area contributed by atoms with Gasteiger partial charge < -0.3 is 14.5 Å². The van der Waals surface area contributed by atoms with Crippen molar-refractivity contribution in [1.82, 2.24) is 14.7 Å². The Kier molecular flexibility index (Phi) is 3.64. The minimum Gasteiger partial charge on any atom is -0.491 e. The van der Waals surface area contributed by atoms with Gasteiger partial charge in [-0.3, -0.25) is 4.79 Å². The molecule has 1 N–H and O–H groups in total. The van der Waals surface area contributed by atoms with Crippen LogP contribution in [0.15, 0.2) is 79.1 Å². The van der Waals surface area contributed by atoms with Crippen molar-refractivity contribution in [2.45, 2.75) is 6.04 Å². The standard InChI is InChI=1S/C22H17N3O2/c26-22(24-19-14-27-20-9-5-4-8-17(19)20)16-10-11-21-23-18(13-25(21)12-16)15-6-2-1-3-7-15/h1-13,19H,14H2,(H,24,26)/t19-/m1/s1. The normalized spacial score (nSPS) is 15.3. The highest BCUT2D eigenvalue weighted by atomic mass is 16.5. The van der Waals surface area contributed by atoms with Crippen LogP contribution >= 0.6 is 0 Å². The molecule has 1 amide bonds. The molecule has 132 valence electrons. The second-order valence-electron chi connectivity index (χ2n) is 6.55. The summed E-state index contributed by atoms with van der Waals surface area (Å²) in [5, 5.41) is 3.06. The molecule has 1 aliphatic rings. The molecule has 0 fully saturated rings. The smallest absolute Gasteiger partial charge is 0.253 e. The first-order valence-corrected chi connectivity index (χ1v) is 8.85. The lowest BCUT2D eigenvalue weighted by Crippen LogP contribution is -2.29. The summed E-state index contributed by atoms with van der Waals surface area (Å²) in [5.41, 5.74) is 4.34. The molecule has 0 saturated heterocycles. The number of ether oxygens (including phenoxy) is 1. The summed E-state index contributed by atoms with van der Waals surface area (Å²) in [5.74, 6) is 0.706. The molecule has 5 rings (SSSR count). The number of nitrogens with one attached hydrogen (secondary N) is 1. The topological polar surface area (TPSA) is 55.6 Å². The summed E-state index contributed by atoms with van der Waals surface area (Å²) in [6, 6.07) is 21.3. The Morgan fingerprint density at radius 1 is 1.00 bits per heavy atom. The number of carbonyl (C=O) groups excluding carboxylic acids is 1. The van der Waals surface area contributed by atoms with Gasteiger partial charge in [0, 0.05) is 23.5 Å². The third kappa shape index (κ3) is 2.83. The molecular formula is C22H17N3O2. The molecule has 5 heteroatoms. The van der Waals surface area contributed by atoms with Gasteiger partial charge in [-0.1, -0.05) is 48.5 Å². The number of amides is 1. The molecule has 1 atom stereocenters. The molecule has 27 heavy (non-hydrogen) atoms. The van der Waals surface area contributed by atoms with E-state index in [0.29, 0.717) is 12.2 Å². The van der Waals surface area contributed by atoms with Crippen LogP contribution in [-0.4, -0.2) is 21.9 Å². The third-order valence-corrected chi connectivity index (χ3v) is 4.79. The number of hydrogen-bond acceptors (Lipinski definition) is 3. The summed E-state index contributed by atoms with van der Waals surface area (Å²) in [6.45, 7) is 0.455. The zero-order valence-electron chi connectivity index (χ0n) is 14.5. The number of carbonyl (C=O) groups is 1. The Morgan fingerprint density at radius 3 is 2.70 bits per heavy atom. The summed E-state index contributed by atoms with van der Waals surface area (Å²) in [7, 11) is 0. The fraction of sp³-hybridized carbons (Fsp3) is 0.0909. The minimum atomic E-state index is -0.132. The lowest BCUT2D eigenvalue weighted by molar-refractivity contribution is 0.0930. The fourth-order valence-corrected chi connectivity index (χ4v) is 3.40. The van der Waals surface area contributed by atoms with Gasteiger partial charge in [0.2, 0.25) is 0 Å². The molecule has 5 nitrogen and oxygen atoms in total. The van der Waals surface area contributed by atoms with E-state index in [1.54, 1.807) is 6.07 Å². The van der Waals surface area contributed by atoms with Crippen LogP contribution in [0.3, 0.4) is 0 Å². The first kappa shape index (κ1) is 15.6. The molecule has 3 heterocycles. The Bertz CT molecular complexity index is 1130. The van der Waals surface area contributed by atoms with Crippen LogP contribution in [0.1, 0.15) is 22.0 Å². The van der Waals surface area contributed by atoms with Gasteiger partial charge in [-0.2, -0.15) is 0 Å². The van der Waals surface area contributed by atoms with Crippen LogP contribution in [0.25, 0.3) is 16.9 Å². The zero-order chi connectivity index (χ0) is 18.2. The van der Waals surface area contributed by atoms with Gasteiger partial charge in [-0.25, -0.2) is 4.98 Å². The van der Waals surface area contributed by atoms with E-state index in [1.807, 2.05) is 77.5 Å². The molecule has 0 unspecified atom stereocenters. The SMILES string of the molecule is O=C(N[C@@H]1COc2ccccc21)c1ccc2nc(-c3ccccc3)cn2c1. The van der Waals surface area contributed by atoms with Gasteiger partial charge in [-0.15, -0.1) is 0 Å². The molecule has 0 spiro atoms. The van der Waals surface area contributed by atoms with E-state index in [9.17, 15) is 4.79 Å². The third-order valence-electron chi connectivity index (χ3n) is 4.79. The molecule has 0 saturated carbocycles. The van der Waals surface area contributed by atoms with Crippen LogP contribution in [0.2, 0.25) is 0 Å². The zero-order valence-corrected chi connectivity index (χ0v) is 14.5. The van der Waals surface area contributed by atoms with E-state index in [0.717, 1.165) is 28.2 Å². The molecule has 2 aromatic heterocycles. The van der Waals surface area contributed by atoms with Crippen LogP contribution < -0.4 is 10.1 Å². The van der Waals surface area contributed by atoms with Crippen molar-refractivity contribution in [1.29, 1.82) is 0 Å². The minimum absolute atomic E-state index is 0.128. The average Bonchev–Trinajstić information content (AvgIpc) is 3.32. The van der Waals surface area contributed by atoms with E-state index in [-0.39, 0.29) is 11.9 Å². The Hall–Kier alpha value is -3.60. The van der Waals surface area contributed by atoms with Gasteiger partial charge in [0.1, 0.15) is 18.0 Å². The average molecular weight is 355 g/mol. The highest BCUT2D eigenvalue weighted by molar-refractivity contribution is 5.94. The lowest BCUT2D eigenvalue weighted by atomic mass is 10.1. The molecule has 0 radical (unpaired) electrons. The maximum atomic E-state index is 12.7. The number of hydrogen-bond donors (Lipinski definition) is 1. The number of benzene rings is 2. The van der Waals surface area contributed by atoms with E-state index in [4.69, 9.17) is 4.74 Å². The van der Waals surface area contributed by atoms with Crippen molar-refractivity contribution < 1.29 is 9.53 Å². The van der Waals surface area contributed by atoms with Gasteiger partial charge in [-0.05, 0) is 18.2 Å². The lowest BCUT2D eigenvalue weighted by Gasteiger charge is -2.11. The predicted molar refractivity (Wildman–Crippen MR) is 103 cm³/mol. The van der Waals surface area contributed by atoms with Crippen molar-refractivity contribution in [3.8, 4) is 17.0 Å². The number of pyridine rings is 1. The van der Waals surface area contributed by atoms with Gasteiger partial charge in [0.05, 0.1) is 17.3 Å². The maximum absolute atomic E-state index is 12.7. The first-order chi connectivity index (χ1) is 13.3. The molecule has 0 bridgehead atoms. The van der Waals surface area contributed by atoms with Crippen molar-refractivity contribution in [3.63, 3.8) is 0 Å². The summed E-state index contributed by atoms with van der Waals surface area (Å²) in [6.07, 6.45) is 3.75. The molecule has 0 aliphatic carbocycles. The van der Waals surface area contributed by atoms with Crippen molar-refractivity contribution in [2.75, 3.05) is 6.61 Å². The highest BCUT2D eigenvalue weighted by Gasteiger charge is 2.25. The summed E-state index contributed by atoms with van der Waals surface area (Å²) in [4.78, 5) is 17.4. The van der Waals surface area contributed by atoms with Crippen LogP contribution in [0.5, 0.6) is 5.75 Å². The molecule has 1 aliphatic heterocycles. The van der Waals surface area contributed by atoms with E-state index < -0.39 is 0 Å².